The summed E-state index contributed by atoms with van der Waals surface area (Å²) in [7, 11) is 0. The van der Waals surface area contributed by atoms with Crippen molar-refractivity contribution >= 4 is 22.6 Å². The Labute approximate surface area is 128 Å². The van der Waals surface area contributed by atoms with Crippen molar-refractivity contribution in [2.45, 2.75) is 12.5 Å². The topological polar surface area (TPSA) is 52.0 Å². The van der Waals surface area contributed by atoms with Crippen molar-refractivity contribution in [3.05, 3.63) is 65.7 Å². The normalized spacial score (nSPS) is 12.5. The number of rotatable bonds is 4. The first-order valence-electron chi connectivity index (χ1n) is 6.71. The predicted octanol–water partition coefficient (Wildman–Crippen LogP) is 4.72. The Morgan fingerprint density at radius 2 is 2.10 bits per heavy atom. The Morgan fingerprint density at radius 1 is 1.29 bits per heavy atom. The molecule has 0 bridgehead atoms. The molecule has 0 saturated carbocycles. The number of benzene rings is 2. The largest absolute Gasteiger partial charge is 0.356 e. The summed E-state index contributed by atoms with van der Waals surface area (Å²) < 4.78 is 5.38. The van der Waals surface area contributed by atoms with Crippen LogP contribution in [0.4, 0.5) is 0 Å². The smallest absolute Gasteiger partial charge is 0.169 e. The van der Waals surface area contributed by atoms with E-state index in [0.717, 1.165) is 22.2 Å². The van der Waals surface area contributed by atoms with Gasteiger partial charge in [-0.2, -0.15) is 0 Å². The molecule has 0 spiro atoms. The number of aromatic nitrogens is 1. The third-order valence-electron chi connectivity index (χ3n) is 3.47. The van der Waals surface area contributed by atoms with Gasteiger partial charge in [-0.05, 0) is 24.1 Å². The van der Waals surface area contributed by atoms with E-state index in [-0.39, 0.29) is 6.04 Å². The highest BCUT2D eigenvalue weighted by molar-refractivity contribution is 6.31. The van der Waals surface area contributed by atoms with Gasteiger partial charge in [0.1, 0.15) is 5.69 Å². The SMILES string of the molecule is C=CC[C@@H](N)c1ccccc1-c1noc2cc(Cl)ccc12. The van der Waals surface area contributed by atoms with Gasteiger partial charge in [0.2, 0.25) is 0 Å². The summed E-state index contributed by atoms with van der Waals surface area (Å²) in [6.45, 7) is 3.75. The molecule has 2 N–H and O–H groups in total. The number of hydrogen-bond donors (Lipinski definition) is 1. The van der Waals surface area contributed by atoms with Crippen LogP contribution in [0, 0.1) is 0 Å². The van der Waals surface area contributed by atoms with E-state index in [9.17, 15) is 0 Å². The third kappa shape index (κ3) is 2.58. The maximum absolute atomic E-state index is 6.23. The highest BCUT2D eigenvalue weighted by atomic mass is 35.5. The molecular formula is C17H15ClN2O. The van der Waals surface area contributed by atoms with Crippen LogP contribution in [0.1, 0.15) is 18.0 Å². The van der Waals surface area contributed by atoms with E-state index in [0.29, 0.717) is 17.0 Å². The average Bonchev–Trinajstić information content (AvgIpc) is 2.90. The van der Waals surface area contributed by atoms with Gasteiger partial charge >= 0.3 is 0 Å². The summed E-state index contributed by atoms with van der Waals surface area (Å²) in [5.74, 6) is 0. The molecule has 106 valence electrons. The van der Waals surface area contributed by atoms with E-state index in [4.69, 9.17) is 21.9 Å². The number of halogens is 1. The summed E-state index contributed by atoms with van der Waals surface area (Å²) in [6.07, 6.45) is 2.53. The molecule has 1 heterocycles. The molecule has 1 atom stereocenters. The van der Waals surface area contributed by atoms with Crippen molar-refractivity contribution < 1.29 is 4.52 Å². The van der Waals surface area contributed by atoms with Gasteiger partial charge in [0.25, 0.3) is 0 Å². The van der Waals surface area contributed by atoms with Crippen molar-refractivity contribution in [3.8, 4) is 11.3 Å². The lowest BCUT2D eigenvalue weighted by Gasteiger charge is -2.13. The predicted molar refractivity (Wildman–Crippen MR) is 86.2 cm³/mol. The van der Waals surface area contributed by atoms with Crippen LogP contribution >= 0.6 is 11.6 Å². The molecule has 0 unspecified atom stereocenters. The van der Waals surface area contributed by atoms with E-state index >= 15 is 0 Å². The molecule has 2 aromatic carbocycles. The van der Waals surface area contributed by atoms with Crippen LogP contribution in [0.15, 0.2) is 59.6 Å². The van der Waals surface area contributed by atoms with Crippen molar-refractivity contribution in [1.82, 2.24) is 5.16 Å². The summed E-state index contributed by atoms with van der Waals surface area (Å²) in [6, 6.07) is 13.4. The lowest BCUT2D eigenvalue weighted by atomic mass is 9.95. The Kier molecular flexibility index (Phi) is 3.78. The summed E-state index contributed by atoms with van der Waals surface area (Å²) >= 11 is 5.98. The van der Waals surface area contributed by atoms with Gasteiger partial charge in [0, 0.05) is 28.1 Å². The van der Waals surface area contributed by atoms with Crippen molar-refractivity contribution in [3.63, 3.8) is 0 Å². The van der Waals surface area contributed by atoms with Crippen LogP contribution in [0.2, 0.25) is 5.02 Å². The van der Waals surface area contributed by atoms with Gasteiger partial charge in [0.05, 0.1) is 0 Å². The molecule has 3 rings (SSSR count). The highest BCUT2D eigenvalue weighted by Gasteiger charge is 2.16. The van der Waals surface area contributed by atoms with Crippen LogP contribution in [-0.4, -0.2) is 5.16 Å². The van der Waals surface area contributed by atoms with Crippen LogP contribution in [-0.2, 0) is 0 Å². The zero-order valence-corrected chi connectivity index (χ0v) is 12.2. The monoisotopic (exact) mass is 298 g/mol. The molecule has 0 amide bonds. The molecule has 0 fully saturated rings. The van der Waals surface area contributed by atoms with E-state index in [1.165, 1.54) is 0 Å². The molecule has 0 aliphatic heterocycles. The average molecular weight is 299 g/mol. The maximum atomic E-state index is 6.23. The van der Waals surface area contributed by atoms with E-state index in [1.54, 1.807) is 6.07 Å². The van der Waals surface area contributed by atoms with Gasteiger partial charge in [0.15, 0.2) is 5.58 Å². The van der Waals surface area contributed by atoms with Gasteiger partial charge in [-0.15, -0.1) is 6.58 Å². The number of nitrogens with two attached hydrogens (primary N) is 1. The maximum Gasteiger partial charge on any atom is 0.169 e. The van der Waals surface area contributed by atoms with Crippen LogP contribution in [0.25, 0.3) is 22.2 Å². The molecule has 0 radical (unpaired) electrons. The molecule has 0 aliphatic carbocycles. The molecular weight excluding hydrogens is 284 g/mol. The molecule has 1 aromatic heterocycles. The minimum Gasteiger partial charge on any atom is -0.356 e. The van der Waals surface area contributed by atoms with Crippen LogP contribution < -0.4 is 5.73 Å². The molecule has 3 aromatic rings. The quantitative estimate of drug-likeness (QED) is 0.709. The van der Waals surface area contributed by atoms with Gasteiger partial charge in [-0.3, -0.25) is 0 Å². The number of hydrogen-bond acceptors (Lipinski definition) is 3. The zero-order chi connectivity index (χ0) is 14.8. The minimum absolute atomic E-state index is 0.113. The highest BCUT2D eigenvalue weighted by Crippen LogP contribution is 2.34. The fourth-order valence-electron chi connectivity index (χ4n) is 2.45. The first-order chi connectivity index (χ1) is 10.2. The molecule has 4 heteroatoms. The first-order valence-corrected chi connectivity index (χ1v) is 7.09. The number of nitrogens with zero attached hydrogens (tertiary/aromatic N) is 1. The van der Waals surface area contributed by atoms with Crippen molar-refractivity contribution in [2.24, 2.45) is 5.73 Å². The van der Waals surface area contributed by atoms with Crippen LogP contribution in [0.3, 0.4) is 0 Å². The zero-order valence-electron chi connectivity index (χ0n) is 11.4. The standard InChI is InChI=1S/C17H15ClN2O/c1-2-5-15(19)12-6-3-4-7-13(12)17-14-9-8-11(18)10-16(14)21-20-17/h2-4,6-10,15H,1,5,19H2/t15-/m1/s1. The minimum atomic E-state index is -0.113. The third-order valence-corrected chi connectivity index (χ3v) is 3.71. The Morgan fingerprint density at radius 3 is 2.90 bits per heavy atom. The van der Waals surface area contributed by atoms with Crippen molar-refractivity contribution in [1.29, 1.82) is 0 Å². The van der Waals surface area contributed by atoms with Gasteiger partial charge in [-0.25, -0.2) is 0 Å². The van der Waals surface area contributed by atoms with Crippen LogP contribution in [0.5, 0.6) is 0 Å². The molecule has 21 heavy (non-hydrogen) atoms. The van der Waals surface area contributed by atoms with E-state index in [2.05, 4.69) is 11.7 Å². The number of fused-ring (bicyclic) bond motifs is 1. The Balaban J connectivity index is 2.17. The first kappa shape index (κ1) is 13.9. The lowest BCUT2D eigenvalue weighted by molar-refractivity contribution is 0.459. The Bertz CT molecular complexity index is 794. The molecule has 0 saturated heterocycles. The fraction of sp³-hybridized carbons (Fsp3) is 0.118. The van der Waals surface area contributed by atoms with E-state index in [1.807, 2.05) is 42.5 Å². The Hall–Kier alpha value is -2.10. The lowest BCUT2D eigenvalue weighted by Crippen LogP contribution is -2.10. The van der Waals surface area contributed by atoms with E-state index < -0.39 is 0 Å². The molecule has 0 aliphatic rings. The second-order valence-corrected chi connectivity index (χ2v) is 5.33. The summed E-state index contributed by atoms with van der Waals surface area (Å²) in [5, 5.41) is 5.75. The summed E-state index contributed by atoms with van der Waals surface area (Å²) in [5.41, 5.74) is 9.70. The van der Waals surface area contributed by atoms with Gasteiger partial charge in [-0.1, -0.05) is 47.1 Å². The molecule has 3 nitrogen and oxygen atoms in total. The fourth-order valence-corrected chi connectivity index (χ4v) is 2.61. The second-order valence-electron chi connectivity index (χ2n) is 4.89. The van der Waals surface area contributed by atoms with Crippen molar-refractivity contribution in [2.75, 3.05) is 0 Å². The van der Waals surface area contributed by atoms with Gasteiger partial charge < -0.3 is 10.3 Å². The summed E-state index contributed by atoms with van der Waals surface area (Å²) in [4.78, 5) is 0. The second kappa shape index (κ2) is 5.72.